The van der Waals surface area contributed by atoms with Crippen LogP contribution in [0.5, 0.6) is 0 Å². The summed E-state index contributed by atoms with van der Waals surface area (Å²) in [6.07, 6.45) is 0.715. The lowest BCUT2D eigenvalue weighted by Crippen LogP contribution is -2.43. The molecule has 1 amide bonds. The van der Waals surface area contributed by atoms with Crippen LogP contribution in [0.25, 0.3) is 0 Å². The van der Waals surface area contributed by atoms with Crippen LogP contribution in [0.1, 0.15) is 13.3 Å². The van der Waals surface area contributed by atoms with Crippen LogP contribution in [0.15, 0.2) is 0 Å². The van der Waals surface area contributed by atoms with Crippen LogP contribution in [0.2, 0.25) is 0 Å². The highest BCUT2D eigenvalue weighted by Crippen LogP contribution is 2.08. The second-order valence-corrected chi connectivity index (χ2v) is 3.41. The first-order chi connectivity index (χ1) is 7.09. The number of carboxylic acids is 1. The van der Waals surface area contributed by atoms with Crippen molar-refractivity contribution >= 4 is 11.9 Å². The third-order valence-corrected chi connectivity index (χ3v) is 2.06. The molecular weight excluding hydrogens is 202 g/mol. The maximum absolute atomic E-state index is 10.7. The van der Waals surface area contributed by atoms with Gasteiger partial charge in [0, 0.05) is 13.5 Å². The smallest absolute Gasteiger partial charge is 0.328 e. The molecule has 1 heterocycles. The number of ether oxygens (including phenoxy) is 2. The van der Waals surface area contributed by atoms with Gasteiger partial charge in [0.2, 0.25) is 5.91 Å². The van der Waals surface area contributed by atoms with Crippen LogP contribution < -0.4 is 5.32 Å². The monoisotopic (exact) mass is 217 g/mol. The van der Waals surface area contributed by atoms with Gasteiger partial charge in [-0.1, -0.05) is 0 Å². The van der Waals surface area contributed by atoms with Crippen molar-refractivity contribution < 1.29 is 24.2 Å². The Bertz CT molecular complexity index is 237. The van der Waals surface area contributed by atoms with E-state index in [1.807, 2.05) is 0 Å². The summed E-state index contributed by atoms with van der Waals surface area (Å²) in [4.78, 5) is 21.4. The van der Waals surface area contributed by atoms with Gasteiger partial charge in [-0.3, -0.25) is 4.79 Å². The Hall–Kier alpha value is -1.14. The first-order valence-electron chi connectivity index (χ1n) is 4.79. The van der Waals surface area contributed by atoms with Crippen molar-refractivity contribution in [3.8, 4) is 0 Å². The van der Waals surface area contributed by atoms with Crippen molar-refractivity contribution in [2.45, 2.75) is 25.5 Å². The summed E-state index contributed by atoms with van der Waals surface area (Å²) in [6.45, 7) is 2.38. The summed E-state index contributed by atoms with van der Waals surface area (Å²) < 4.78 is 10.4. The summed E-state index contributed by atoms with van der Waals surface area (Å²) in [7, 11) is 0. The first kappa shape index (κ1) is 11.9. The molecule has 0 saturated carbocycles. The Morgan fingerprint density at radius 1 is 1.67 bits per heavy atom. The van der Waals surface area contributed by atoms with Crippen molar-refractivity contribution in [3.05, 3.63) is 0 Å². The fourth-order valence-corrected chi connectivity index (χ4v) is 1.30. The summed E-state index contributed by atoms with van der Waals surface area (Å²) >= 11 is 0. The van der Waals surface area contributed by atoms with Crippen LogP contribution in [-0.4, -0.2) is 48.9 Å². The number of hydrogen-bond donors (Lipinski definition) is 2. The van der Waals surface area contributed by atoms with Crippen LogP contribution in [-0.2, 0) is 19.1 Å². The van der Waals surface area contributed by atoms with Crippen molar-refractivity contribution in [1.29, 1.82) is 0 Å². The minimum Gasteiger partial charge on any atom is -0.480 e. The Kier molecular flexibility index (Phi) is 4.51. The van der Waals surface area contributed by atoms with Crippen LogP contribution in [0.3, 0.4) is 0 Å². The fraction of sp³-hybridized carbons (Fsp3) is 0.778. The molecule has 6 nitrogen and oxygen atoms in total. The van der Waals surface area contributed by atoms with E-state index >= 15 is 0 Å². The van der Waals surface area contributed by atoms with Gasteiger partial charge in [0.05, 0.1) is 19.3 Å². The van der Waals surface area contributed by atoms with E-state index in [1.165, 1.54) is 6.92 Å². The second-order valence-electron chi connectivity index (χ2n) is 3.41. The third-order valence-electron chi connectivity index (χ3n) is 2.06. The molecule has 2 N–H and O–H groups in total. The lowest BCUT2D eigenvalue weighted by Gasteiger charge is -2.16. The number of carbonyl (C=O) groups is 2. The van der Waals surface area contributed by atoms with E-state index in [4.69, 9.17) is 14.6 Å². The van der Waals surface area contributed by atoms with Gasteiger partial charge in [0.25, 0.3) is 0 Å². The summed E-state index contributed by atoms with van der Waals surface area (Å²) in [6, 6.07) is -0.983. The number of aliphatic carboxylic acids is 1. The molecule has 1 aliphatic rings. The zero-order chi connectivity index (χ0) is 11.3. The van der Waals surface area contributed by atoms with Crippen molar-refractivity contribution in [2.24, 2.45) is 0 Å². The number of nitrogens with one attached hydrogen (secondary N) is 1. The molecule has 1 fully saturated rings. The molecule has 0 aliphatic carbocycles. The molecule has 0 aromatic carbocycles. The largest absolute Gasteiger partial charge is 0.480 e. The molecule has 86 valence electrons. The normalized spacial score (nSPS) is 22.3. The molecule has 1 aliphatic heterocycles. The van der Waals surface area contributed by atoms with Gasteiger partial charge in [-0.05, 0) is 6.42 Å². The van der Waals surface area contributed by atoms with Crippen molar-refractivity contribution in [1.82, 2.24) is 5.32 Å². The van der Waals surface area contributed by atoms with Crippen molar-refractivity contribution in [2.75, 3.05) is 19.8 Å². The average Bonchev–Trinajstić information content (AvgIpc) is 2.63. The van der Waals surface area contributed by atoms with Gasteiger partial charge in [0.15, 0.2) is 6.04 Å². The van der Waals surface area contributed by atoms with E-state index < -0.39 is 12.0 Å². The van der Waals surface area contributed by atoms with E-state index in [9.17, 15) is 9.59 Å². The zero-order valence-corrected chi connectivity index (χ0v) is 8.56. The highest BCUT2D eigenvalue weighted by atomic mass is 16.5. The van der Waals surface area contributed by atoms with E-state index in [-0.39, 0.29) is 18.6 Å². The molecule has 0 bridgehead atoms. The van der Waals surface area contributed by atoms with Gasteiger partial charge in [-0.2, -0.15) is 0 Å². The molecule has 0 aromatic heterocycles. The zero-order valence-electron chi connectivity index (χ0n) is 8.56. The lowest BCUT2D eigenvalue weighted by molar-refractivity contribution is -0.144. The number of carbonyl (C=O) groups excluding carboxylic acids is 1. The van der Waals surface area contributed by atoms with E-state index in [0.717, 1.165) is 6.42 Å². The number of rotatable bonds is 5. The minimum absolute atomic E-state index is 0.0249. The molecule has 0 spiro atoms. The van der Waals surface area contributed by atoms with Gasteiger partial charge in [-0.15, -0.1) is 0 Å². The van der Waals surface area contributed by atoms with Gasteiger partial charge in [-0.25, -0.2) is 4.79 Å². The topological polar surface area (TPSA) is 84.9 Å². The highest BCUT2D eigenvalue weighted by Gasteiger charge is 2.22. The van der Waals surface area contributed by atoms with Crippen LogP contribution in [0.4, 0.5) is 0 Å². The highest BCUT2D eigenvalue weighted by molar-refractivity contribution is 5.82. The Morgan fingerprint density at radius 3 is 2.87 bits per heavy atom. The minimum atomic E-state index is -1.09. The number of hydrogen-bond acceptors (Lipinski definition) is 4. The summed E-state index contributed by atoms with van der Waals surface area (Å²) in [5.74, 6) is -1.47. The predicted octanol–water partition coefficient (Wildman–Crippen LogP) is -0.619. The molecule has 2 atom stereocenters. The second kappa shape index (κ2) is 5.67. The van der Waals surface area contributed by atoms with Crippen LogP contribution in [0, 0.1) is 0 Å². The maximum Gasteiger partial charge on any atom is 0.328 e. The Balaban J connectivity index is 2.30. The number of amides is 1. The van der Waals surface area contributed by atoms with E-state index in [0.29, 0.717) is 13.2 Å². The average molecular weight is 217 g/mol. The molecule has 2 unspecified atom stereocenters. The fourth-order valence-electron chi connectivity index (χ4n) is 1.30. The van der Waals surface area contributed by atoms with Crippen molar-refractivity contribution in [3.63, 3.8) is 0 Å². The summed E-state index contributed by atoms with van der Waals surface area (Å²) in [5, 5.41) is 11.1. The molecule has 6 heteroatoms. The standard InChI is InChI=1S/C9H15NO5/c1-6(11)10-8(9(12)13)5-15-7-2-3-14-4-7/h7-8H,2-5H2,1H3,(H,10,11)(H,12,13). The van der Waals surface area contributed by atoms with E-state index in [2.05, 4.69) is 5.32 Å². The Labute approximate surface area is 87.5 Å². The quantitative estimate of drug-likeness (QED) is 0.641. The summed E-state index contributed by atoms with van der Waals surface area (Å²) in [5.41, 5.74) is 0. The Morgan fingerprint density at radius 2 is 2.40 bits per heavy atom. The lowest BCUT2D eigenvalue weighted by atomic mass is 10.3. The van der Waals surface area contributed by atoms with Gasteiger partial charge >= 0.3 is 5.97 Å². The molecule has 1 rings (SSSR count). The molecular formula is C9H15NO5. The van der Waals surface area contributed by atoms with Gasteiger partial charge in [0.1, 0.15) is 0 Å². The SMILES string of the molecule is CC(=O)NC(COC1CCOC1)C(=O)O. The molecule has 15 heavy (non-hydrogen) atoms. The molecule has 1 saturated heterocycles. The van der Waals surface area contributed by atoms with Gasteiger partial charge < -0.3 is 19.9 Å². The predicted molar refractivity (Wildman–Crippen MR) is 50.4 cm³/mol. The van der Waals surface area contributed by atoms with Crippen LogP contribution >= 0.6 is 0 Å². The molecule has 0 radical (unpaired) electrons. The first-order valence-corrected chi connectivity index (χ1v) is 4.79. The third kappa shape index (κ3) is 4.26. The van der Waals surface area contributed by atoms with E-state index in [1.54, 1.807) is 0 Å². The number of carboxylic acid groups (broad SMARTS) is 1. The maximum atomic E-state index is 10.7. The molecule has 0 aromatic rings.